The molecule has 1 saturated heterocycles. The lowest BCUT2D eigenvalue weighted by molar-refractivity contribution is 0.0714. The van der Waals surface area contributed by atoms with Crippen LogP contribution in [0.3, 0.4) is 0 Å². The minimum absolute atomic E-state index is 0.0801. The number of nitrogens with zero attached hydrogens (tertiary/aromatic N) is 4. The number of hydrogen-bond donors (Lipinski definition) is 1. The summed E-state index contributed by atoms with van der Waals surface area (Å²) in [6, 6.07) is 10.1. The number of carbonyl (C=O) groups is 1. The molecule has 1 fully saturated rings. The highest BCUT2D eigenvalue weighted by Gasteiger charge is 2.25. The molecule has 1 aliphatic rings. The molecule has 28 heavy (non-hydrogen) atoms. The number of pyridine rings is 1. The van der Waals surface area contributed by atoms with Crippen molar-refractivity contribution >= 4 is 11.6 Å². The molecule has 1 amide bonds. The van der Waals surface area contributed by atoms with Crippen molar-refractivity contribution < 1.29 is 9.18 Å². The van der Waals surface area contributed by atoms with Gasteiger partial charge < -0.3 is 10.2 Å². The molecule has 1 unspecified atom stereocenters. The Labute approximate surface area is 162 Å². The summed E-state index contributed by atoms with van der Waals surface area (Å²) in [4.78, 5) is 27.3. The summed E-state index contributed by atoms with van der Waals surface area (Å²) >= 11 is 0. The van der Waals surface area contributed by atoms with Gasteiger partial charge in [0.2, 0.25) is 0 Å². The van der Waals surface area contributed by atoms with Crippen LogP contribution < -0.4 is 5.32 Å². The van der Waals surface area contributed by atoms with Crippen molar-refractivity contribution in [2.45, 2.75) is 18.9 Å². The quantitative estimate of drug-likeness (QED) is 0.755. The second-order valence-electron chi connectivity index (χ2n) is 6.78. The monoisotopic (exact) mass is 377 g/mol. The van der Waals surface area contributed by atoms with Crippen LogP contribution in [0.25, 0.3) is 11.4 Å². The number of likely N-dealkylation sites (tertiary alicyclic amines) is 1. The third kappa shape index (κ3) is 4.14. The first-order valence-corrected chi connectivity index (χ1v) is 9.23. The van der Waals surface area contributed by atoms with Gasteiger partial charge >= 0.3 is 0 Å². The molecule has 1 N–H and O–H groups in total. The van der Waals surface area contributed by atoms with Crippen LogP contribution in [-0.2, 0) is 0 Å². The van der Waals surface area contributed by atoms with Crippen LogP contribution in [-0.4, -0.2) is 44.9 Å². The zero-order valence-electron chi connectivity index (χ0n) is 15.3. The van der Waals surface area contributed by atoms with Crippen LogP contribution in [0, 0.1) is 5.82 Å². The van der Waals surface area contributed by atoms with E-state index in [0.29, 0.717) is 24.5 Å². The number of anilines is 1. The Hall–Kier alpha value is -3.35. The maximum atomic E-state index is 13.4. The third-order valence-electron chi connectivity index (χ3n) is 4.74. The Morgan fingerprint density at radius 1 is 1.14 bits per heavy atom. The number of piperidine rings is 1. The molecule has 0 saturated carbocycles. The van der Waals surface area contributed by atoms with Crippen molar-refractivity contribution in [1.82, 2.24) is 19.9 Å². The van der Waals surface area contributed by atoms with Gasteiger partial charge in [-0.2, -0.15) is 0 Å². The molecule has 1 aromatic carbocycles. The average molecular weight is 377 g/mol. The Kier molecular flexibility index (Phi) is 5.23. The largest absolute Gasteiger partial charge is 0.380 e. The molecule has 7 heteroatoms. The lowest BCUT2D eigenvalue weighted by Crippen LogP contribution is -2.45. The molecule has 2 aromatic heterocycles. The minimum atomic E-state index is -0.278. The predicted octanol–water partition coefficient (Wildman–Crippen LogP) is 3.39. The summed E-state index contributed by atoms with van der Waals surface area (Å²) in [6.45, 7) is 1.24. The maximum Gasteiger partial charge on any atom is 0.257 e. The van der Waals surface area contributed by atoms with Crippen molar-refractivity contribution in [3.05, 3.63) is 72.6 Å². The summed E-state index contributed by atoms with van der Waals surface area (Å²) in [7, 11) is 0. The maximum absolute atomic E-state index is 13.4. The number of halogens is 1. The highest BCUT2D eigenvalue weighted by molar-refractivity contribution is 5.93. The van der Waals surface area contributed by atoms with E-state index in [1.807, 2.05) is 18.2 Å². The molecule has 3 heterocycles. The van der Waals surface area contributed by atoms with E-state index in [1.165, 1.54) is 12.1 Å². The van der Waals surface area contributed by atoms with Gasteiger partial charge in [-0.25, -0.2) is 14.4 Å². The van der Waals surface area contributed by atoms with E-state index in [9.17, 15) is 9.18 Å². The second-order valence-corrected chi connectivity index (χ2v) is 6.78. The lowest BCUT2D eigenvalue weighted by atomic mass is 10.0. The van der Waals surface area contributed by atoms with Crippen LogP contribution in [0.5, 0.6) is 0 Å². The van der Waals surface area contributed by atoms with E-state index in [2.05, 4.69) is 20.3 Å². The standard InChI is InChI=1S/C21H20FN5O/c22-17-3-1-4-18(11-17)26-19-5-2-10-27(14-19)21(28)16-12-24-20(25-13-16)15-6-8-23-9-7-15/h1,3-4,6-9,11-13,19,26H,2,5,10,14H2. The second kappa shape index (κ2) is 8.12. The fourth-order valence-corrected chi connectivity index (χ4v) is 3.36. The zero-order valence-corrected chi connectivity index (χ0v) is 15.3. The van der Waals surface area contributed by atoms with Crippen LogP contribution in [0.1, 0.15) is 23.2 Å². The number of carbonyl (C=O) groups excluding carboxylic acids is 1. The Morgan fingerprint density at radius 3 is 2.68 bits per heavy atom. The van der Waals surface area contributed by atoms with Gasteiger partial charge in [-0.15, -0.1) is 0 Å². The SMILES string of the molecule is O=C(c1cnc(-c2ccncc2)nc1)N1CCCC(Nc2cccc(F)c2)C1. The number of aromatic nitrogens is 3. The number of amides is 1. The topological polar surface area (TPSA) is 71.0 Å². The Bertz CT molecular complexity index is 949. The van der Waals surface area contributed by atoms with Crippen molar-refractivity contribution in [2.24, 2.45) is 0 Å². The smallest absolute Gasteiger partial charge is 0.257 e. The third-order valence-corrected chi connectivity index (χ3v) is 4.74. The van der Waals surface area contributed by atoms with Crippen molar-refractivity contribution in [1.29, 1.82) is 0 Å². The summed E-state index contributed by atoms with van der Waals surface area (Å²) in [5.41, 5.74) is 2.04. The van der Waals surface area contributed by atoms with Gasteiger partial charge in [-0.05, 0) is 43.2 Å². The molecule has 142 valence electrons. The van der Waals surface area contributed by atoms with Gasteiger partial charge in [0.1, 0.15) is 5.82 Å². The van der Waals surface area contributed by atoms with Crippen LogP contribution in [0.2, 0.25) is 0 Å². The molecular formula is C21H20FN5O. The number of rotatable bonds is 4. The molecule has 0 aliphatic carbocycles. The molecule has 0 spiro atoms. The summed E-state index contributed by atoms with van der Waals surface area (Å²) in [5.74, 6) is 0.190. The van der Waals surface area contributed by atoms with Crippen molar-refractivity contribution in [3.63, 3.8) is 0 Å². The van der Waals surface area contributed by atoms with E-state index in [0.717, 1.165) is 24.1 Å². The molecular weight excluding hydrogens is 357 g/mol. The molecule has 4 rings (SSSR count). The molecule has 6 nitrogen and oxygen atoms in total. The number of benzene rings is 1. The molecule has 0 radical (unpaired) electrons. The first-order valence-electron chi connectivity index (χ1n) is 9.23. The fourth-order valence-electron chi connectivity index (χ4n) is 3.36. The van der Waals surface area contributed by atoms with Crippen molar-refractivity contribution in [3.8, 4) is 11.4 Å². The van der Waals surface area contributed by atoms with E-state index < -0.39 is 0 Å². The highest BCUT2D eigenvalue weighted by Crippen LogP contribution is 2.19. The minimum Gasteiger partial charge on any atom is -0.380 e. The highest BCUT2D eigenvalue weighted by atomic mass is 19.1. The van der Waals surface area contributed by atoms with Crippen molar-refractivity contribution in [2.75, 3.05) is 18.4 Å². The fraction of sp³-hybridized carbons (Fsp3) is 0.238. The van der Waals surface area contributed by atoms with Gasteiger partial charge in [0.15, 0.2) is 5.82 Å². The van der Waals surface area contributed by atoms with Gasteiger partial charge in [-0.1, -0.05) is 6.07 Å². The average Bonchev–Trinajstić information content (AvgIpc) is 2.74. The molecule has 0 bridgehead atoms. The van der Waals surface area contributed by atoms with E-state index >= 15 is 0 Å². The predicted molar refractivity (Wildman–Crippen MR) is 104 cm³/mol. The normalized spacial score (nSPS) is 16.6. The van der Waals surface area contributed by atoms with Crippen LogP contribution in [0.15, 0.2) is 61.2 Å². The molecule has 1 aliphatic heterocycles. The number of hydrogen-bond acceptors (Lipinski definition) is 5. The van der Waals surface area contributed by atoms with E-state index in [1.54, 1.807) is 35.8 Å². The summed E-state index contributed by atoms with van der Waals surface area (Å²) < 4.78 is 13.4. The first-order chi connectivity index (χ1) is 13.7. The van der Waals surface area contributed by atoms with Gasteiger partial charge in [0.25, 0.3) is 5.91 Å². The summed E-state index contributed by atoms with van der Waals surface area (Å²) in [6.07, 6.45) is 8.30. The Balaban J connectivity index is 1.42. The van der Waals surface area contributed by atoms with E-state index in [-0.39, 0.29) is 17.8 Å². The lowest BCUT2D eigenvalue weighted by Gasteiger charge is -2.33. The van der Waals surface area contributed by atoms with Gasteiger partial charge in [-0.3, -0.25) is 9.78 Å². The number of nitrogens with one attached hydrogen (secondary N) is 1. The van der Waals surface area contributed by atoms with E-state index in [4.69, 9.17) is 0 Å². The van der Waals surface area contributed by atoms with Gasteiger partial charge in [0.05, 0.1) is 5.56 Å². The first kappa shape index (κ1) is 18.0. The molecule has 1 atom stereocenters. The van der Waals surface area contributed by atoms with Gasteiger partial charge in [0, 0.05) is 55.2 Å². The van der Waals surface area contributed by atoms with Crippen LogP contribution in [0.4, 0.5) is 10.1 Å². The summed E-state index contributed by atoms with van der Waals surface area (Å²) in [5, 5.41) is 3.32. The zero-order chi connectivity index (χ0) is 19.3. The Morgan fingerprint density at radius 2 is 1.93 bits per heavy atom. The molecule has 3 aromatic rings. The van der Waals surface area contributed by atoms with Crippen LogP contribution >= 0.6 is 0 Å².